The van der Waals surface area contributed by atoms with Crippen LogP contribution in [0.5, 0.6) is 0 Å². The molecule has 0 aliphatic rings. The first-order valence-electron chi connectivity index (χ1n) is 9.39. The Morgan fingerprint density at radius 1 is 0.852 bits per heavy atom. The van der Waals surface area contributed by atoms with Crippen LogP contribution in [-0.2, 0) is 12.8 Å². The van der Waals surface area contributed by atoms with Crippen LogP contribution in [0.1, 0.15) is 35.3 Å². The largest absolute Gasteiger partial charge is 0.387 e. The summed E-state index contributed by atoms with van der Waals surface area (Å²) in [5.74, 6) is 0. The predicted molar refractivity (Wildman–Crippen MR) is 113 cm³/mol. The van der Waals surface area contributed by atoms with Gasteiger partial charge in [-0.15, -0.1) is 0 Å². The van der Waals surface area contributed by atoms with E-state index in [9.17, 15) is 5.11 Å². The van der Waals surface area contributed by atoms with Gasteiger partial charge in [0.05, 0.1) is 6.10 Å². The van der Waals surface area contributed by atoms with E-state index in [4.69, 9.17) is 11.6 Å². The molecule has 2 unspecified atom stereocenters. The second kappa shape index (κ2) is 9.70. The van der Waals surface area contributed by atoms with Gasteiger partial charge in [0.15, 0.2) is 0 Å². The highest BCUT2D eigenvalue weighted by Crippen LogP contribution is 2.17. The molecule has 0 aliphatic heterocycles. The van der Waals surface area contributed by atoms with Crippen molar-refractivity contribution in [2.75, 3.05) is 6.54 Å². The van der Waals surface area contributed by atoms with Crippen molar-refractivity contribution in [2.45, 2.75) is 31.9 Å². The first-order valence-corrected chi connectivity index (χ1v) is 9.76. The Labute approximate surface area is 166 Å². The van der Waals surface area contributed by atoms with Crippen LogP contribution in [0.4, 0.5) is 0 Å². The second-order valence-corrected chi connectivity index (χ2v) is 7.50. The number of benzene rings is 3. The maximum Gasteiger partial charge on any atom is 0.0914 e. The fourth-order valence-corrected chi connectivity index (χ4v) is 3.39. The van der Waals surface area contributed by atoms with Crippen molar-refractivity contribution in [1.29, 1.82) is 0 Å². The normalized spacial score (nSPS) is 13.3. The lowest BCUT2D eigenvalue weighted by atomic mass is 10.0. The van der Waals surface area contributed by atoms with E-state index < -0.39 is 6.10 Å². The van der Waals surface area contributed by atoms with Gasteiger partial charge in [0.1, 0.15) is 0 Å². The van der Waals surface area contributed by atoms with Gasteiger partial charge >= 0.3 is 0 Å². The van der Waals surface area contributed by atoms with E-state index in [1.165, 1.54) is 16.7 Å². The smallest absolute Gasteiger partial charge is 0.0914 e. The van der Waals surface area contributed by atoms with Crippen LogP contribution in [0.3, 0.4) is 0 Å². The number of halogens is 1. The Morgan fingerprint density at radius 3 is 2.22 bits per heavy atom. The van der Waals surface area contributed by atoms with Crippen LogP contribution in [0, 0.1) is 0 Å². The zero-order valence-electron chi connectivity index (χ0n) is 15.6. The lowest BCUT2D eigenvalue weighted by molar-refractivity contribution is 0.170. The zero-order chi connectivity index (χ0) is 19.1. The van der Waals surface area contributed by atoms with E-state index in [0.717, 1.165) is 18.4 Å². The van der Waals surface area contributed by atoms with Gasteiger partial charge in [0.25, 0.3) is 0 Å². The summed E-state index contributed by atoms with van der Waals surface area (Å²) in [6.45, 7) is 2.65. The van der Waals surface area contributed by atoms with Crippen LogP contribution in [0.2, 0.25) is 5.02 Å². The van der Waals surface area contributed by atoms with Crippen molar-refractivity contribution in [3.8, 4) is 0 Å². The molecule has 3 heteroatoms. The molecule has 2 atom stereocenters. The Bertz CT molecular complexity index is 833. The zero-order valence-corrected chi connectivity index (χ0v) is 16.4. The molecule has 0 bridgehead atoms. The number of hydrogen-bond acceptors (Lipinski definition) is 2. The van der Waals surface area contributed by atoms with Crippen molar-refractivity contribution in [3.63, 3.8) is 0 Å². The number of aliphatic hydroxyl groups is 1. The lowest BCUT2D eigenvalue weighted by Gasteiger charge is -2.18. The maximum absolute atomic E-state index is 10.3. The molecule has 27 heavy (non-hydrogen) atoms. The van der Waals surface area contributed by atoms with Gasteiger partial charge in [0.2, 0.25) is 0 Å². The van der Waals surface area contributed by atoms with Crippen molar-refractivity contribution < 1.29 is 5.11 Å². The summed E-state index contributed by atoms with van der Waals surface area (Å²) >= 11 is 5.99. The van der Waals surface area contributed by atoms with E-state index in [1.807, 2.05) is 30.3 Å². The van der Waals surface area contributed by atoms with Gasteiger partial charge in [-0.3, -0.25) is 0 Å². The highest BCUT2D eigenvalue weighted by molar-refractivity contribution is 6.30. The third-order valence-electron chi connectivity index (χ3n) is 4.71. The third-order valence-corrected chi connectivity index (χ3v) is 4.94. The Hall–Kier alpha value is -2.13. The predicted octanol–water partition coefficient (Wildman–Crippen LogP) is 5.19. The molecule has 140 valence electrons. The van der Waals surface area contributed by atoms with Crippen molar-refractivity contribution in [2.24, 2.45) is 0 Å². The molecule has 0 aliphatic carbocycles. The molecule has 0 spiro atoms. The molecule has 0 fully saturated rings. The monoisotopic (exact) mass is 379 g/mol. The fraction of sp³-hybridized carbons (Fsp3) is 0.250. The molecule has 0 aromatic heterocycles. The molecule has 0 amide bonds. The van der Waals surface area contributed by atoms with Gasteiger partial charge in [-0.05, 0) is 54.2 Å². The summed E-state index contributed by atoms with van der Waals surface area (Å²) in [7, 11) is 0. The Morgan fingerprint density at radius 2 is 1.52 bits per heavy atom. The van der Waals surface area contributed by atoms with Crippen molar-refractivity contribution >= 4 is 11.6 Å². The fourth-order valence-electron chi connectivity index (χ4n) is 3.20. The maximum atomic E-state index is 10.3. The van der Waals surface area contributed by atoms with Crippen LogP contribution in [-0.4, -0.2) is 17.7 Å². The molecule has 0 saturated heterocycles. The van der Waals surface area contributed by atoms with Crippen LogP contribution < -0.4 is 5.32 Å². The number of rotatable bonds is 8. The molecule has 0 saturated carbocycles. The van der Waals surface area contributed by atoms with E-state index in [1.54, 1.807) is 0 Å². The standard InChI is InChI=1S/C24H26ClNO/c1-18(26-17-24(27)22-8-5-9-23(25)16-22)14-20-10-12-21(13-11-20)15-19-6-3-2-4-7-19/h2-13,16,18,24,26-27H,14-15,17H2,1H3. The minimum absolute atomic E-state index is 0.277. The number of aliphatic hydroxyl groups excluding tert-OH is 1. The molecule has 3 aromatic carbocycles. The van der Waals surface area contributed by atoms with Crippen molar-refractivity contribution in [1.82, 2.24) is 5.32 Å². The molecule has 0 heterocycles. The van der Waals surface area contributed by atoms with Crippen LogP contribution >= 0.6 is 11.6 Å². The highest BCUT2D eigenvalue weighted by Gasteiger charge is 2.10. The SMILES string of the molecule is CC(Cc1ccc(Cc2ccccc2)cc1)NCC(O)c1cccc(Cl)c1. The second-order valence-electron chi connectivity index (χ2n) is 7.06. The van der Waals surface area contributed by atoms with E-state index in [0.29, 0.717) is 11.6 Å². The molecule has 0 radical (unpaired) electrons. The Kier molecular flexibility index (Phi) is 7.05. The first-order chi connectivity index (χ1) is 13.1. The summed E-state index contributed by atoms with van der Waals surface area (Å²) in [5, 5.41) is 14.4. The minimum atomic E-state index is -0.556. The number of nitrogens with one attached hydrogen (secondary N) is 1. The quantitative estimate of drug-likeness (QED) is 0.564. The molecule has 2 nitrogen and oxygen atoms in total. The molecular weight excluding hydrogens is 354 g/mol. The van der Waals surface area contributed by atoms with Crippen LogP contribution in [0.25, 0.3) is 0 Å². The van der Waals surface area contributed by atoms with Crippen LogP contribution in [0.15, 0.2) is 78.9 Å². The molecule has 3 aromatic rings. The number of hydrogen-bond donors (Lipinski definition) is 2. The van der Waals surface area contributed by atoms with Gasteiger partial charge in [0, 0.05) is 17.6 Å². The van der Waals surface area contributed by atoms with Gasteiger partial charge in [-0.25, -0.2) is 0 Å². The van der Waals surface area contributed by atoms with E-state index in [2.05, 4.69) is 60.8 Å². The van der Waals surface area contributed by atoms with E-state index in [-0.39, 0.29) is 6.04 Å². The molecule has 2 N–H and O–H groups in total. The summed E-state index contributed by atoms with van der Waals surface area (Å²) < 4.78 is 0. The Balaban J connectivity index is 1.48. The molecule has 3 rings (SSSR count). The summed E-state index contributed by atoms with van der Waals surface area (Å²) in [6.07, 6.45) is 1.33. The highest BCUT2D eigenvalue weighted by atomic mass is 35.5. The summed E-state index contributed by atoms with van der Waals surface area (Å²) in [5.41, 5.74) is 4.79. The first kappa shape index (κ1) is 19.6. The summed E-state index contributed by atoms with van der Waals surface area (Å²) in [4.78, 5) is 0. The summed E-state index contributed by atoms with van der Waals surface area (Å²) in [6, 6.07) is 27.0. The average Bonchev–Trinajstić information content (AvgIpc) is 2.68. The molecular formula is C24H26ClNO. The van der Waals surface area contributed by atoms with E-state index >= 15 is 0 Å². The lowest BCUT2D eigenvalue weighted by Crippen LogP contribution is -2.32. The van der Waals surface area contributed by atoms with Crippen molar-refractivity contribution in [3.05, 3.63) is 106 Å². The minimum Gasteiger partial charge on any atom is -0.387 e. The van der Waals surface area contributed by atoms with Gasteiger partial charge < -0.3 is 10.4 Å². The average molecular weight is 380 g/mol. The third kappa shape index (κ3) is 6.21. The van der Waals surface area contributed by atoms with Gasteiger partial charge in [-0.1, -0.05) is 78.3 Å². The topological polar surface area (TPSA) is 32.3 Å². The van der Waals surface area contributed by atoms with Gasteiger partial charge in [-0.2, -0.15) is 0 Å².